The first-order chi connectivity index (χ1) is 24.1. The Balaban J connectivity index is 1.31. The molecule has 50 heavy (non-hydrogen) atoms. The summed E-state index contributed by atoms with van der Waals surface area (Å²) in [6.07, 6.45) is 1.64. The molecule has 1 atom stereocenters. The van der Waals surface area contributed by atoms with Crippen molar-refractivity contribution in [2.75, 3.05) is 34.9 Å². The minimum Gasteiger partial charge on any atom is -0.378 e. The molecule has 0 aromatic heterocycles. The zero-order valence-electron chi connectivity index (χ0n) is 27.8. The van der Waals surface area contributed by atoms with E-state index in [0.29, 0.717) is 22.6 Å². The SMILES string of the molecule is CC(=O)Nc1ccc(NC(=O)C(Sc2ccc(NC(=O)/C(=C/c3ccc(N(C)C)cc3)NC(=O)c3ccccc3)cc2)c2ccccc2)cc1. The van der Waals surface area contributed by atoms with Crippen molar-refractivity contribution in [2.45, 2.75) is 17.1 Å². The third kappa shape index (κ3) is 9.94. The van der Waals surface area contributed by atoms with Gasteiger partial charge in [0, 0.05) is 54.2 Å². The van der Waals surface area contributed by atoms with Crippen molar-refractivity contribution in [3.05, 3.63) is 156 Å². The fourth-order valence-corrected chi connectivity index (χ4v) is 5.90. The number of carbonyl (C=O) groups is 4. The molecule has 0 radical (unpaired) electrons. The molecule has 9 nitrogen and oxygen atoms in total. The van der Waals surface area contributed by atoms with Crippen LogP contribution in [0.3, 0.4) is 0 Å². The lowest BCUT2D eigenvalue weighted by molar-refractivity contribution is -0.116. The molecule has 0 saturated heterocycles. The van der Waals surface area contributed by atoms with E-state index in [1.54, 1.807) is 66.7 Å². The van der Waals surface area contributed by atoms with Gasteiger partial charge < -0.3 is 26.2 Å². The van der Waals surface area contributed by atoms with Gasteiger partial charge in [-0.1, -0.05) is 60.7 Å². The third-order valence-electron chi connectivity index (χ3n) is 7.43. The quantitative estimate of drug-likeness (QED) is 0.0795. The average Bonchev–Trinajstić information content (AvgIpc) is 3.12. The maximum absolute atomic E-state index is 13.6. The van der Waals surface area contributed by atoms with Crippen LogP contribution in [0.15, 0.2) is 144 Å². The molecular weight excluding hydrogens is 647 g/mol. The molecule has 10 heteroatoms. The first kappa shape index (κ1) is 35.2. The lowest BCUT2D eigenvalue weighted by Gasteiger charge is -2.18. The molecular formula is C40H37N5O4S. The molecule has 4 N–H and O–H groups in total. The van der Waals surface area contributed by atoms with Gasteiger partial charge in [0.2, 0.25) is 11.8 Å². The minimum atomic E-state index is -0.576. The second-order valence-corrected chi connectivity index (χ2v) is 12.7. The molecule has 4 amide bonds. The van der Waals surface area contributed by atoms with E-state index in [1.807, 2.05) is 91.8 Å². The molecule has 5 aromatic carbocycles. The summed E-state index contributed by atoms with van der Waals surface area (Å²) in [5.74, 6) is -1.28. The van der Waals surface area contributed by atoms with E-state index in [9.17, 15) is 19.2 Å². The van der Waals surface area contributed by atoms with Crippen molar-refractivity contribution >= 4 is 64.2 Å². The summed E-state index contributed by atoms with van der Waals surface area (Å²) in [5.41, 5.74) is 4.83. The standard InChI is InChI=1S/C40H37N5O4S/c1-27(46)41-31-16-18-32(19-17-31)43-40(49)37(29-10-6-4-7-11-29)50-35-24-20-33(21-25-35)42-39(48)36(44-38(47)30-12-8-5-9-13-30)26-28-14-22-34(23-15-28)45(2)3/h4-26,37H,1-3H3,(H,41,46)(H,42,48)(H,43,49)(H,44,47)/b36-26-. The second kappa shape index (κ2) is 16.8. The summed E-state index contributed by atoms with van der Waals surface area (Å²) in [6.45, 7) is 1.44. The highest BCUT2D eigenvalue weighted by atomic mass is 32.2. The van der Waals surface area contributed by atoms with Crippen LogP contribution < -0.4 is 26.2 Å². The fraction of sp³-hybridized carbons (Fsp3) is 0.100. The van der Waals surface area contributed by atoms with Gasteiger partial charge in [0.25, 0.3) is 11.8 Å². The Morgan fingerprint density at radius 2 is 1.18 bits per heavy atom. The van der Waals surface area contributed by atoms with Gasteiger partial charge in [-0.3, -0.25) is 19.2 Å². The van der Waals surface area contributed by atoms with Gasteiger partial charge >= 0.3 is 0 Å². The first-order valence-electron chi connectivity index (χ1n) is 15.8. The average molecular weight is 684 g/mol. The Morgan fingerprint density at radius 1 is 0.640 bits per heavy atom. The molecule has 5 rings (SSSR count). The summed E-state index contributed by atoms with van der Waals surface area (Å²) in [7, 11) is 3.89. The monoisotopic (exact) mass is 683 g/mol. The van der Waals surface area contributed by atoms with E-state index >= 15 is 0 Å². The summed E-state index contributed by atoms with van der Waals surface area (Å²) in [5, 5.41) is 10.8. The third-order valence-corrected chi connectivity index (χ3v) is 8.69. The lowest BCUT2D eigenvalue weighted by Crippen LogP contribution is -2.30. The molecule has 0 aliphatic carbocycles. The zero-order valence-corrected chi connectivity index (χ0v) is 28.7. The number of amides is 4. The maximum atomic E-state index is 13.6. The van der Waals surface area contributed by atoms with Crippen LogP contribution in [-0.4, -0.2) is 37.7 Å². The highest BCUT2D eigenvalue weighted by Crippen LogP contribution is 2.37. The molecule has 252 valence electrons. The van der Waals surface area contributed by atoms with E-state index < -0.39 is 17.1 Å². The van der Waals surface area contributed by atoms with Crippen molar-refractivity contribution in [3.8, 4) is 0 Å². The number of hydrogen-bond donors (Lipinski definition) is 4. The molecule has 5 aromatic rings. The zero-order chi connectivity index (χ0) is 35.5. The molecule has 0 saturated carbocycles. The summed E-state index contributed by atoms with van der Waals surface area (Å²) >= 11 is 1.37. The Morgan fingerprint density at radius 3 is 1.76 bits per heavy atom. The number of rotatable bonds is 12. The Kier molecular flexibility index (Phi) is 11.8. The number of thioether (sulfide) groups is 1. The van der Waals surface area contributed by atoms with Crippen molar-refractivity contribution in [2.24, 2.45) is 0 Å². The van der Waals surface area contributed by atoms with E-state index in [1.165, 1.54) is 18.7 Å². The summed E-state index contributed by atoms with van der Waals surface area (Å²) in [6, 6.07) is 39.9. The van der Waals surface area contributed by atoms with Gasteiger partial charge in [0.1, 0.15) is 10.9 Å². The summed E-state index contributed by atoms with van der Waals surface area (Å²) < 4.78 is 0. The molecule has 0 heterocycles. The van der Waals surface area contributed by atoms with E-state index in [-0.39, 0.29) is 17.5 Å². The van der Waals surface area contributed by atoms with Crippen LogP contribution >= 0.6 is 11.8 Å². The van der Waals surface area contributed by atoms with Gasteiger partial charge in [0.15, 0.2) is 0 Å². The highest BCUT2D eigenvalue weighted by Gasteiger charge is 2.23. The number of nitrogens with zero attached hydrogens (tertiary/aromatic N) is 1. The Bertz CT molecular complexity index is 1960. The number of nitrogens with one attached hydrogen (secondary N) is 4. The smallest absolute Gasteiger partial charge is 0.272 e. The van der Waals surface area contributed by atoms with E-state index in [2.05, 4.69) is 21.3 Å². The van der Waals surface area contributed by atoms with Crippen LogP contribution in [0, 0.1) is 0 Å². The predicted molar refractivity (Wildman–Crippen MR) is 202 cm³/mol. The molecule has 0 spiro atoms. The van der Waals surface area contributed by atoms with Crippen LogP contribution in [-0.2, 0) is 14.4 Å². The van der Waals surface area contributed by atoms with Crippen molar-refractivity contribution in [1.82, 2.24) is 5.32 Å². The number of carbonyl (C=O) groups excluding carboxylic acids is 4. The van der Waals surface area contributed by atoms with Gasteiger partial charge in [0.05, 0.1) is 0 Å². The minimum absolute atomic E-state index is 0.0841. The first-order valence-corrected chi connectivity index (χ1v) is 16.7. The topological polar surface area (TPSA) is 120 Å². The predicted octanol–water partition coefficient (Wildman–Crippen LogP) is 7.59. The second-order valence-electron chi connectivity index (χ2n) is 11.5. The van der Waals surface area contributed by atoms with Gasteiger partial charge in [-0.25, -0.2) is 0 Å². The largest absolute Gasteiger partial charge is 0.378 e. The number of hydrogen-bond acceptors (Lipinski definition) is 6. The van der Waals surface area contributed by atoms with Crippen molar-refractivity contribution in [1.29, 1.82) is 0 Å². The van der Waals surface area contributed by atoms with Crippen LogP contribution in [0.25, 0.3) is 6.08 Å². The maximum Gasteiger partial charge on any atom is 0.272 e. The van der Waals surface area contributed by atoms with Crippen LogP contribution in [0.4, 0.5) is 22.7 Å². The van der Waals surface area contributed by atoms with Gasteiger partial charge in [-0.15, -0.1) is 11.8 Å². The molecule has 0 aliphatic rings. The highest BCUT2D eigenvalue weighted by molar-refractivity contribution is 8.00. The van der Waals surface area contributed by atoms with Gasteiger partial charge in [-0.2, -0.15) is 0 Å². The van der Waals surface area contributed by atoms with Gasteiger partial charge in [-0.05, 0) is 90.0 Å². The molecule has 0 bridgehead atoms. The van der Waals surface area contributed by atoms with E-state index in [4.69, 9.17) is 0 Å². The molecule has 0 aliphatic heterocycles. The van der Waals surface area contributed by atoms with E-state index in [0.717, 1.165) is 21.7 Å². The van der Waals surface area contributed by atoms with Crippen LogP contribution in [0.1, 0.15) is 33.7 Å². The fourth-order valence-electron chi connectivity index (χ4n) is 4.88. The lowest BCUT2D eigenvalue weighted by atomic mass is 10.1. The molecule has 1 unspecified atom stereocenters. The van der Waals surface area contributed by atoms with Crippen LogP contribution in [0.2, 0.25) is 0 Å². The normalized spacial score (nSPS) is 11.5. The summed E-state index contributed by atoms with van der Waals surface area (Å²) in [4.78, 5) is 54.3. The Hall–Kier alpha value is -6.13. The van der Waals surface area contributed by atoms with Crippen LogP contribution in [0.5, 0.6) is 0 Å². The Labute approximate surface area is 295 Å². The number of benzene rings is 5. The van der Waals surface area contributed by atoms with Crippen molar-refractivity contribution in [3.63, 3.8) is 0 Å². The number of anilines is 4. The molecule has 0 fully saturated rings. The van der Waals surface area contributed by atoms with Crippen molar-refractivity contribution < 1.29 is 19.2 Å².